The molecule has 0 bridgehead atoms. The highest BCUT2D eigenvalue weighted by molar-refractivity contribution is 5.28. The topological polar surface area (TPSA) is 33.3 Å². The average molecular weight is 290 g/mol. The summed E-state index contributed by atoms with van der Waals surface area (Å²) in [6.07, 6.45) is 5.24. The Labute approximate surface area is 129 Å². The van der Waals surface area contributed by atoms with Gasteiger partial charge in [0, 0.05) is 18.1 Å². The summed E-state index contributed by atoms with van der Waals surface area (Å²) in [5.41, 5.74) is 1.32. The molecule has 1 aromatic carbocycles. The maximum absolute atomic E-state index is 5.49. The van der Waals surface area contributed by atoms with Crippen molar-refractivity contribution in [3.63, 3.8) is 0 Å². The highest BCUT2D eigenvalue weighted by Gasteiger charge is 2.17. The minimum absolute atomic E-state index is 0.374. The van der Waals surface area contributed by atoms with E-state index in [0.717, 1.165) is 12.4 Å². The van der Waals surface area contributed by atoms with E-state index in [2.05, 4.69) is 48.7 Å². The quantitative estimate of drug-likeness (QED) is 0.804. The van der Waals surface area contributed by atoms with Crippen LogP contribution in [0.4, 0.5) is 0 Å². The average Bonchev–Trinajstić information content (AvgIpc) is 2.49. The summed E-state index contributed by atoms with van der Waals surface area (Å²) < 4.78 is 5.49. The van der Waals surface area contributed by atoms with Crippen molar-refractivity contribution in [3.8, 4) is 5.75 Å². The number of rotatable bonds is 7. The third-order valence-corrected chi connectivity index (χ3v) is 4.28. The molecule has 2 N–H and O–H groups in total. The van der Waals surface area contributed by atoms with E-state index in [1.54, 1.807) is 0 Å². The summed E-state index contributed by atoms with van der Waals surface area (Å²) in [5.74, 6) is 0.952. The van der Waals surface area contributed by atoms with E-state index in [1.165, 1.54) is 37.8 Å². The zero-order valence-corrected chi connectivity index (χ0v) is 13.7. The highest BCUT2D eigenvalue weighted by Crippen LogP contribution is 2.19. The number of ether oxygens (including phenoxy) is 1. The zero-order chi connectivity index (χ0) is 15.1. The van der Waals surface area contributed by atoms with Crippen LogP contribution in [0.3, 0.4) is 0 Å². The van der Waals surface area contributed by atoms with E-state index in [4.69, 9.17) is 4.74 Å². The van der Waals surface area contributed by atoms with E-state index < -0.39 is 0 Å². The summed E-state index contributed by atoms with van der Waals surface area (Å²) in [6.45, 7) is 8.45. The second kappa shape index (κ2) is 8.40. The number of hydrogen-bond acceptors (Lipinski definition) is 3. The molecule has 0 saturated carbocycles. The molecule has 3 nitrogen and oxygen atoms in total. The molecule has 0 aliphatic carbocycles. The van der Waals surface area contributed by atoms with Gasteiger partial charge in [0.25, 0.3) is 0 Å². The van der Waals surface area contributed by atoms with Crippen LogP contribution in [0, 0.1) is 0 Å². The van der Waals surface area contributed by atoms with Crippen molar-refractivity contribution in [2.24, 2.45) is 0 Å². The van der Waals surface area contributed by atoms with Crippen LogP contribution in [0.1, 0.15) is 58.1 Å². The summed E-state index contributed by atoms with van der Waals surface area (Å²) in [6, 6.07) is 10.0. The van der Waals surface area contributed by atoms with Gasteiger partial charge in [0.05, 0.1) is 6.61 Å². The van der Waals surface area contributed by atoms with Crippen molar-refractivity contribution in [1.82, 2.24) is 10.6 Å². The van der Waals surface area contributed by atoms with E-state index in [1.807, 2.05) is 6.92 Å². The van der Waals surface area contributed by atoms with Crippen LogP contribution in [-0.4, -0.2) is 25.2 Å². The lowest BCUT2D eigenvalue weighted by molar-refractivity contribution is 0.333. The summed E-state index contributed by atoms with van der Waals surface area (Å²) in [4.78, 5) is 0. The second-order valence-corrected chi connectivity index (χ2v) is 6.17. The number of nitrogens with one attached hydrogen (secondary N) is 2. The Morgan fingerprint density at radius 2 is 2.00 bits per heavy atom. The van der Waals surface area contributed by atoms with Crippen LogP contribution in [0.15, 0.2) is 24.3 Å². The lowest BCUT2D eigenvalue weighted by atomic mass is 9.98. The molecule has 3 heteroatoms. The molecule has 21 heavy (non-hydrogen) atoms. The van der Waals surface area contributed by atoms with E-state index in [-0.39, 0.29) is 0 Å². The highest BCUT2D eigenvalue weighted by atomic mass is 16.5. The zero-order valence-electron chi connectivity index (χ0n) is 13.7. The van der Waals surface area contributed by atoms with Gasteiger partial charge in [0.1, 0.15) is 5.75 Å². The molecule has 1 aliphatic rings. The fraction of sp³-hybridized carbons (Fsp3) is 0.667. The molecule has 3 atom stereocenters. The first-order valence-electron chi connectivity index (χ1n) is 8.41. The van der Waals surface area contributed by atoms with Gasteiger partial charge in [0.2, 0.25) is 0 Å². The summed E-state index contributed by atoms with van der Waals surface area (Å²) >= 11 is 0. The number of hydrogen-bond donors (Lipinski definition) is 2. The lowest BCUT2D eigenvalue weighted by Gasteiger charge is -2.28. The van der Waals surface area contributed by atoms with Crippen LogP contribution in [0.25, 0.3) is 0 Å². The molecule has 1 heterocycles. The molecule has 1 aromatic rings. The number of benzene rings is 1. The predicted octanol–water partition coefficient (Wildman–Crippen LogP) is 3.66. The normalized spacial score (nSPS) is 21.8. The summed E-state index contributed by atoms with van der Waals surface area (Å²) in [7, 11) is 0. The molecular formula is C18H30N2O. The molecule has 0 radical (unpaired) electrons. The van der Waals surface area contributed by atoms with Crippen LogP contribution < -0.4 is 15.4 Å². The van der Waals surface area contributed by atoms with Gasteiger partial charge in [0.15, 0.2) is 0 Å². The van der Waals surface area contributed by atoms with Crippen molar-refractivity contribution in [1.29, 1.82) is 0 Å². The van der Waals surface area contributed by atoms with Gasteiger partial charge in [-0.2, -0.15) is 0 Å². The largest absolute Gasteiger partial charge is 0.494 e. The van der Waals surface area contributed by atoms with Gasteiger partial charge in [-0.1, -0.05) is 18.6 Å². The molecule has 0 amide bonds. The Morgan fingerprint density at radius 1 is 1.24 bits per heavy atom. The van der Waals surface area contributed by atoms with Crippen LogP contribution >= 0.6 is 0 Å². The fourth-order valence-corrected chi connectivity index (χ4v) is 3.16. The molecule has 118 valence electrons. The van der Waals surface area contributed by atoms with Crippen molar-refractivity contribution in [3.05, 3.63) is 29.8 Å². The van der Waals surface area contributed by atoms with Gasteiger partial charge in [-0.25, -0.2) is 0 Å². The van der Waals surface area contributed by atoms with Crippen molar-refractivity contribution >= 4 is 0 Å². The van der Waals surface area contributed by atoms with E-state index in [0.29, 0.717) is 18.1 Å². The van der Waals surface area contributed by atoms with Gasteiger partial charge < -0.3 is 15.4 Å². The minimum atomic E-state index is 0.374. The van der Waals surface area contributed by atoms with Crippen LogP contribution in [-0.2, 0) is 0 Å². The second-order valence-electron chi connectivity index (χ2n) is 6.17. The lowest BCUT2D eigenvalue weighted by Crippen LogP contribution is -2.40. The maximum Gasteiger partial charge on any atom is 0.119 e. The monoisotopic (exact) mass is 290 g/mol. The molecule has 3 unspecified atom stereocenters. The first-order valence-corrected chi connectivity index (χ1v) is 8.41. The van der Waals surface area contributed by atoms with Gasteiger partial charge in [-0.05, 0) is 64.3 Å². The van der Waals surface area contributed by atoms with Gasteiger partial charge in [-0.15, -0.1) is 0 Å². The molecule has 2 rings (SSSR count). The predicted molar refractivity (Wildman–Crippen MR) is 88.9 cm³/mol. The Kier molecular flexibility index (Phi) is 6.52. The van der Waals surface area contributed by atoms with E-state index in [9.17, 15) is 0 Å². The standard InChI is InChI=1S/C18H30N2O/c1-4-21-18-10-8-16(9-11-18)15(3)20-14(2)13-17-7-5-6-12-19-17/h8-11,14-15,17,19-20H,4-7,12-13H2,1-3H3. The van der Waals surface area contributed by atoms with E-state index >= 15 is 0 Å². The SMILES string of the molecule is CCOc1ccc(C(C)NC(C)CC2CCCCN2)cc1. The smallest absolute Gasteiger partial charge is 0.119 e. The van der Waals surface area contributed by atoms with Crippen molar-refractivity contribution < 1.29 is 4.74 Å². The molecule has 0 aromatic heterocycles. The Bertz CT molecular complexity index is 398. The number of piperidine rings is 1. The minimum Gasteiger partial charge on any atom is -0.494 e. The third-order valence-electron chi connectivity index (χ3n) is 4.28. The van der Waals surface area contributed by atoms with Gasteiger partial charge in [-0.3, -0.25) is 0 Å². The first kappa shape index (κ1) is 16.3. The van der Waals surface area contributed by atoms with Crippen LogP contribution in [0.2, 0.25) is 0 Å². The van der Waals surface area contributed by atoms with Crippen molar-refractivity contribution in [2.45, 2.75) is 64.6 Å². The Morgan fingerprint density at radius 3 is 2.62 bits per heavy atom. The molecular weight excluding hydrogens is 260 g/mol. The summed E-state index contributed by atoms with van der Waals surface area (Å²) in [5, 5.41) is 7.34. The molecule has 1 aliphatic heterocycles. The molecule has 1 saturated heterocycles. The van der Waals surface area contributed by atoms with Gasteiger partial charge >= 0.3 is 0 Å². The molecule has 1 fully saturated rings. The Balaban J connectivity index is 1.80. The first-order chi connectivity index (χ1) is 10.2. The van der Waals surface area contributed by atoms with Crippen LogP contribution in [0.5, 0.6) is 5.75 Å². The van der Waals surface area contributed by atoms with Crippen molar-refractivity contribution in [2.75, 3.05) is 13.2 Å². The third kappa shape index (κ3) is 5.33. The maximum atomic E-state index is 5.49. The Hall–Kier alpha value is -1.06. The molecule has 0 spiro atoms. The fourth-order valence-electron chi connectivity index (χ4n) is 3.16.